The van der Waals surface area contributed by atoms with Crippen LogP contribution in [-0.2, 0) is 18.9 Å². The van der Waals surface area contributed by atoms with E-state index in [1.807, 2.05) is 79.4 Å². The summed E-state index contributed by atoms with van der Waals surface area (Å²) in [7, 11) is 0. The fourth-order valence-electron chi connectivity index (χ4n) is 5.76. The number of benzene rings is 2. The van der Waals surface area contributed by atoms with Gasteiger partial charge in [-0.05, 0) is 37.1 Å². The van der Waals surface area contributed by atoms with Crippen molar-refractivity contribution in [2.24, 2.45) is 0 Å². The smallest absolute Gasteiger partial charge is 0.144 e. The normalized spacial score (nSPS) is 14.2. The molecule has 4 atom stereocenters. The molecule has 2 aromatic carbocycles. The van der Waals surface area contributed by atoms with E-state index in [0.717, 1.165) is 0 Å². The van der Waals surface area contributed by atoms with Gasteiger partial charge in [0.05, 0.1) is 25.7 Å². The second-order valence-electron chi connectivity index (χ2n) is 12.8. The number of nitrogens with zero attached hydrogens (tertiary/aromatic N) is 4. The Kier molecular flexibility index (Phi) is 27.1. The van der Waals surface area contributed by atoms with Gasteiger partial charge in [-0.25, -0.2) is 0 Å². The summed E-state index contributed by atoms with van der Waals surface area (Å²) in [5.74, 6) is 1.34. The first kappa shape index (κ1) is 47.6. The van der Waals surface area contributed by atoms with Crippen molar-refractivity contribution in [2.75, 3.05) is 119 Å². The Bertz CT molecular complexity index is 1120. The number of aliphatic hydroxyl groups is 6. The average Bonchev–Trinajstić information content (AvgIpc) is 3.20. The second kappa shape index (κ2) is 30.7. The summed E-state index contributed by atoms with van der Waals surface area (Å²) in [6.07, 6.45) is 0.0204. The molecule has 0 bridgehead atoms. The van der Waals surface area contributed by atoms with Crippen LogP contribution in [0.25, 0.3) is 0 Å². The molecule has 16 nitrogen and oxygen atoms in total. The monoisotopic (exact) mass is 770 g/mol. The van der Waals surface area contributed by atoms with Crippen LogP contribution in [0.15, 0.2) is 60.7 Å². The average molecular weight is 771 g/mol. The van der Waals surface area contributed by atoms with Crippen molar-refractivity contribution in [3.05, 3.63) is 60.7 Å². The first-order valence-electron chi connectivity index (χ1n) is 18.8. The zero-order valence-electron chi connectivity index (χ0n) is 32.1. The molecule has 0 amide bonds. The predicted molar refractivity (Wildman–Crippen MR) is 202 cm³/mol. The number of hydrogen-bond acceptors (Lipinski definition) is 16. The minimum Gasteiger partial charge on any atom is -0.491 e. The maximum Gasteiger partial charge on any atom is 0.144 e. The number of para-hydroxylation sites is 2. The van der Waals surface area contributed by atoms with Crippen molar-refractivity contribution >= 4 is 0 Å². The van der Waals surface area contributed by atoms with Gasteiger partial charge in [0.15, 0.2) is 0 Å². The molecule has 0 aliphatic carbocycles. The molecule has 0 heterocycles. The van der Waals surface area contributed by atoms with Gasteiger partial charge in [0.2, 0.25) is 0 Å². The van der Waals surface area contributed by atoms with Crippen molar-refractivity contribution in [1.29, 1.82) is 0 Å². The molecule has 0 spiro atoms. The van der Waals surface area contributed by atoms with E-state index in [0.29, 0.717) is 89.8 Å². The van der Waals surface area contributed by atoms with Crippen LogP contribution in [-0.4, -0.2) is 194 Å². The van der Waals surface area contributed by atoms with Gasteiger partial charge in [0, 0.05) is 65.4 Å². The Morgan fingerprint density at radius 3 is 1.15 bits per heavy atom. The van der Waals surface area contributed by atoms with Crippen molar-refractivity contribution in [1.82, 2.24) is 19.6 Å². The van der Waals surface area contributed by atoms with E-state index in [1.54, 1.807) is 4.90 Å². The van der Waals surface area contributed by atoms with Crippen molar-refractivity contribution in [2.45, 2.75) is 51.1 Å². The molecule has 0 aromatic heterocycles. The highest BCUT2D eigenvalue weighted by molar-refractivity contribution is 5.21. The highest BCUT2D eigenvalue weighted by Crippen LogP contribution is 2.13. The Labute approximate surface area is 320 Å². The van der Waals surface area contributed by atoms with E-state index in [9.17, 15) is 30.6 Å². The molecule has 0 aliphatic heterocycles. The van der Waals surface area contributed by atoms with Gasteiger partial charge in [-0.1, -0.05) is 50.2 Å². The number of aliphatic hydroxyl groups excluding tert-OH is 6. The molecular formula is C38H66N4O12. The number of hydrogen-bond donors (Lipinski definition) is 6. The highest BCUT2D eigenvalue weighted by Gasteiger charge is 2.22. The summed E-state index contributed by atoms with van der Waals surface area (Å²) in [6, 6.07) is 18.6. The first-order valence-corrected chi connectivity index (χ1v) is 18.8. The zero-order valence-corrected chi connectivity index (χ0v) is 32.1. The standard InChI is InChI=1S/C38H66N4O12/c1-3-33(51-29-45)21-41(22-34(4-2)52-30-46)19-18-40(27-43)17-15-39(23-37(53-31-47)25-49-35-11-7-5-8-12-35)16-20-42(28-44)24-38(54-32-48)26-50-36-13-9-6-10-14-36/h5-14,33-34,37-38,43-48H,3-4,15-32H2,1-2H3. The molecule has 2 rings (SSSR count). The predicted octanol–water partition coefficient (Wildman–Crippen LogP) is 0.412. The minimum atomic E-state index is -0.515. The van der Waals surface area contributed by atoms with Crippen LogP contribution in [0.4, 0.5) is 0 Å². The van der Waals surface area contributed by atoms with Crippen LogP contribution in [0.1, 0.15) is 26.7 Å². The molecule has 6 N–H and O–H groups in total. The van der Waals surface area contributed by atoms with Crippen LogP contribution in [0, 0.1) is 0 Å². The Hall–Kier alpha value is -2.52. The quantitative estimate of drug-likeness (QED) is 0.0529. The van der Waals surface area contributed by atoms with Crippen molar-refractivity contribution in [3.63, 3.8) is 0 Å². The van der Waals surface area contributed by atoms with E-state index in [2.05, 4.69) is 9.80 Å². The Morgan fingerprint density at radius 2 is 0.759 bits per heavy atom. The largest absolute Gasteiger partial charge is 0.491 e. The number of rotatable bonds is 35. The molecule has 0 saturated carbocycles. The van der Waals surface area contributed by atoms with E-state index >= 15 is 0 Å². The van der Waals surface area contributed by atoms with Crippen LogP contribution >= 0.6 is 0 Å². The molecule has 0 fully saturated rings. The van der Waals surface area contributed by atoms with E-state index < -0.39 is 25.8 Å². The molecule has 0 radical (unpaired) electrons. The topological polar surface area (TPSA) is 190 Å². The third-order valence-corrected chi connectivity index (χ3v) is 8.95. The fourth-order valence-corrected chi connectivity index (χ4v) is 5.76. The third-order valence-electron chi connectivity index (χ3n) is 8.95. The Balaban J connectivity index is 2.13. The van der Waals surface area contributed by atoms with Gasteiger partial charge < -0.3 is 59.1 Å². The van der Waals surface area contributed by atoms with E-state index in [-0.39, 0.29) is 52.5 Å². The summed E-state index contributed by atoms with van der Waals surface area (Å²) in [5.41, 5.74) is 0. The van der Waals surface area contributed by atoms with Gasteiger partial charge in [0.25, 0.3) is 0 Å². The van der Waals surface area contributed by atoms with Crippen molar-refractivity contribution < 1.29 is 59.1 Å². The zero-order chi connectivity index (χ0) is 39.2. The molecule has 16 heteroatoms. The molecule has 54 heavy (non-hydrogen) atoms. The van der Waals surface area contributed by atoms with E-state index in [1.165, 1.54) is 0 Å². The first-order chi connectivity index (χ1) is 26.4. The molecule has 0 saturated heterocycles. The van der Waals surface area contributed by atoms with Crippen LogP contribution in [0.2, 0.25) is 0 Å². The molecular weight excluding hydrogens is 704 g/mol. The Morgan fingerprint density at radius 1 is 0.426 bits per heavy atom. The van der Waals surface area contributed by atoms with Gasteiger partial charge >= 0.3 is 0 Å². The lowest BCUT2D eigenvalue weighted by molar-refractivity contribution is -0.0863. The lowest BCUT2D eigenvalue weighted by Gasteiger charge is -2.33. The highest BCUT2D eigenvalue weighted by atomic mass is 16.6. The summed E-state index contributed by atoms with van der Waals surface area (Å²) >= 11 is 0. The second-order valence-corrected chi connectivity index (χ2v) is 12.8. The SMILES string of the molecule is CCC(CN(CCN(CO)CCN(CCN(CO)CC(COc1ccccc1)OCO)CC(COc1ccccc1)OCO)CC(CC)OCO)OCO. The molecule has 0 aliphatic rings. The van der Waals surface area contributed by atoms with Gasteiger partial charge in [0.1, 0.15) is 64.1 Å². The summed E-state index contributed by atoms with van der Waals surface area (Å²) < 4.78 is 34.0. The maximum atomic E-state index is 10.4. The molecule has 2 aromatic rings. The number of ether oxygens (including phenoxy) is 6. The maximum absolute atomic E-state index is 10.4. The molecule has 310 valence electrons. The van der Waals surface area contributed by atoms with Gasteiger partial charge in [-0.15, -0.1) is 0 Å². The van der Waals surface area contributed by atoms with Gasteiger partial charge in [-0.3, -0.25) is 19.6 Å². The van der Waals surface area contributed by atoms with Crippen molar-refractivity contribution in [3.8, 4) is 11.5 Å². The minimum absolute atomic E-state index is 0.173. The van der Waals surface area contributed by atoms with Gasteiger partial charge in [-0.2, -0.15) is 0 Å². The lowest BCUT2D eigenvalue weighted by Crippen LogP contribution is -2.48. The summed E-state index contributed by atoms with van der Waals surface area (Å²) in [6.45, 7) is 6.95. The molecule has 4 unspecified atom stereocenters. The lowest BCUT2D eigenvalue weighted by atomic mass is 10.2. The van der Waals surface area contributed by atoms with E-state index in [4.69, 9.17) is 28.4 Å². The van der Waals surface area contributed by atoms with Crippen LogP contribution in [0.3, 0.4) is 0 Å². The van der Waals surface area contributed by atoms with Crippen LogP contribution in [0.5, 0.6) is 11.5 Å². The third kappa shape index (κ3) is 21.0. The summed E-state index contributed by atoms with van der Waals surface area (Å²) in [4.78, 5) is 8.00. The van der Waals surface area contributed by atoms with Crippen LogP contribution < -0.4 is 9.47 Å². The fraction of sp³-hybridized carbons (Fsp3) is 0.684. The summed E-state index contributed by atoms with van der Waals surface area (Å²) in [5, 5.41) is 58.7.